The van der Waals surface area contributed by atoms with Crippen molar-refractivity contribution in [2.75, 3.05) is 23.9 Å². The number of primary sulfonamides is 1. The first-order valence-corrected chi connectivity index (χ1v) is 9.35. The lowest BCUT2D eigenvalue weighted by Crippen LogP contribution is -2.30. The van der Waals surface area contributed by atoms with Crippen LogP contribution >= 0.6 is 11.8 Å². The third-order valence-corrected chi connectivity index (χ3v) is 6.23. The van der Waals surface area contributed by atoms with Gasteiger partial charge in [0.2, 0.25) is 10.0 Å². The van der Waals surface area contributed by atoms with E-state index in [4.69, 9.17) is 10.9 Å². The largest absolute Gasteiger partial charge is 0.399 e. The van der Waals surface area contributed by atoms with Gasteiger partial charge >= 0.3 is 0 Å². The van der Waals surface area contributed by atoms with Crippen LogP contribution in [0.15, 0.2) is 23.1 Å². The van der Waals surface area contributed by atoms with Gasteiger partial charge in [0.25, 0.3) is 0 Å². The van der Waals surface area contributed by atoms with Crippen molar-refractivity contribution in [3.63, 3.8) is 0 Å². The average molecular weight is 315 g/mol. The van der Waals surface area contributed by atoms with Gasteiger partial charge in [-0.1, -0.05) is 12.8 Å². The van der Waals surface area contributed by atoms with Crippen LogP contribution < -0.4 is 16.2 Å². The lowest BCUT2D eigenvalue weighted by molar-refractivity contribution is 0.597. The van der Waals surface area contributed by atoms with Crippen LogP contribution in [0.5, 0.6) is 0 Å². The Hall–Kier alpha value is -0.920. The highest BCUT2D eigenvalue weighted by atomic mass is 32.2. The Balaban J connectivity index is 2.21. The van der Waals surface area contributed by atoms with E-state index in [9.17, 15) is 8.42 Å². The van der Waals surface area contributed by atoms with Gasteiger partial charge in [0.1, 0.15) is 4.90 Å². The van der Waals surface area contributed by atoms with E-state index in [-0.39, 0.29) is 9.64 Å². The molecule has 112 valence electrons. The normalized spacial score (nSPS) is 18.1. The molecule has 0 aromatic heterocycles. The summed E-state index contributed by atoms with van der Waals surface area (Å²) in [4.78, 5) is 0.0618. The van der Waals surface area contributed by atoms with E-state index in [0.29, 0.717) is 11.4 Å². The summed E-state index contributed by atoms with van der Waals surface area (Å²) in [6, 6.07) is 4.76. The zero-order valence-corrected chi connectivity index (χ0v) is 13.2. The number of nitrogen functional groups attached to an aromatic ring is 1. The zero-order chi connectivity index (χ0) is 14.8. The first-order chi connectivity index (χ1) is 9.36. The number of thioether (sulfide) groups is 1. The number of nitrogens with two attached hydrogens (primary N) is 2. The highest BCUT2D eigenvalue weighted by molar-refractivity contribution is 8.00. The topological polar surface area (TPSA) is 98.2 Å². The highest BCUT2D eigenvalue weighted by Crippen LogP contribution is 2.40. The molecule has 7 heteroatoms. The summed E-state index contributed by atoms with van der Waals surface area (Å²) in [5.74, 6) is 0. The van der Waals surface area contributed by atoms with Crippen molar-refractivity contribution >= 4 is 33.2 Å². The van der Waals surface area contributed by atoms with Crippen LogP contribution in [0.4, 0.5) is 11.4 Å². The van der Waals surface area contributed by atoms with Gasteiger partial charge in [-0.25, -0.2) is 13.6 Å². The standard InChI is InChI=1S/C13H21N3O2S2/c1-19-13(6-2-3-7-13)9-16-11-5-4-10(14)8-12(11)20(15,17)18/h4-5,8,16H,2-3,6-7,9,14H2,1H3,(H2,15,17,18). The summed E-state index contributed by atoms with van der Waals surface area (Å²) in [5.41, 5.74) is 6.56. The van der Waals surface area contributed by atoms with E-state index in [1.54, 1.807) is 12.1 Å². The van der Waals surface area contributed by atoms with Crippen molar-refractivity contribution in [3.05, 3.63) is 18.2 Å². The van der Waals surface area contributed by atoms with Crippen LogP contribution in [0, 0.1) is 0 Å². The van der Waals surface area contributed by atoms with Crippen molar-refractivity contribution in [3.8, 4) is 0 Å². The Labute approximate surface area is 124 Å². The molecule has 20 heavy (non-hydrogen) atoms. The molecular formula is C13H21N3O2S2. The lowest BCUT2D eigenvalue weighted by Gasteiger charge is -2.28. The first kappa shape index (κ1) is 15.5. The molecule has 1 aliphatic rings. The van der Waals surface area contributed by atoms with Gasteiger partial charge in [-0.15, -0.1) is 0 Å². The molecule has 1 aliphatic carbocycles. The molecule has 0 bridgehead atoms. The van der Waals surface area contributed by atoms with Gasteiger partial charge in [0.05, 0.1) is 5.69 Å². The maximum Gasteiger partial charge on any atom is 0.240 e. The third kappa shape index (κ3) is 3.39. The summed E-state index contributed by atoms with van der Waals surface area (Å²) in [6.07, 6.45) is 6.87. The number of anilines is 2. The molecule has 0 unspecified atom stereocenters. The Kier molecular flexibility index (Phi) is 4.51. The van der Waals surface area contributed by atoms with E-state index in [2.05, 4.69) is 11.6 Å². The van der Waals surface area contributed by atoms with Crippen LogP contribution in [0.25, 0.3) is 0 Å². The monoisotopic (exact) mass is 315 g/mol. The van der Waals surface area contributed by atoms with Crippen LogP contribution in [-0.2, 0) is 10.0 Å². The third-order valence-electron chi connectivity index (χ3n) is 3.86. The molecule has 0 atom stereocenters. The fraction of sp³-hybridized carbons (Fsp3) is 0.538. The summed E-state index contributed by atoms with van der Waals surface area (Å²) in [7, 11) is -3.78. The number of hydrogen-bond donors (Lipinski definition) is 3. The quantitative estimate of drug-likeness (QED) is 0.722. The minimum Gasteiger partial charge on any atom is -0.399 e. The lowest BCUT2D eigenvalue weighted by atomic mass is 10.1. The summed E-state index contributed by atoms with van der Waals surface area (Å²) >= 11 is 1.85. The van der Waals surface area contributed by atoms with Gasteiger partial charge < -0.3 is 11.1 Å². The Morgan fingerprint density at radius 2 is 2.00 bits per heavy atom. The highest BCUT2D eigenvalue weighted by Gasteiger charge is 2.33. The molecule has 0 amide bonds. The van der Waals surface area contributed by atoms with E-state index >= 15 is 0 Å². The summed E-state index contributed by atoms with van der Waals surface area (Å²) in [5, 5.41) is 8.49. The molecule has 2 rings (SSSR count). The van der Waals surface area contributed by atoms with Crippen LogP contribution in [0.1, 0.15) is 25.7 Å². The Bertz CT molecular complexity index is 581. The van der Waals surface area contributed by atoms with Crippen LogP contribution in [-0.4, -0.2) is 26.0 Å². The molecule has 5 nitrogen and oxygen atoms in total. The Morgan fingerprint density at radius 1 is 1.35 bits per heavy atom. The number of benzene rings is 1. The second-order valence-electron chi connectivity index (χ2n) is 5.25. The number of hydrogen-bond acceptors (Lipinski definition) is 5. The molecule has 1 fully saturated rings. The minimum atomic E-state index is -3.78. The Morgan fingerprint density at radius 3 is 2.55 bits per heavy atom. The maximum atomic E-state index is 11.6. The molecule has 0 spiro atoms. The molecule has 0 saturated heterocycles. The van der Waals surface area contributed by atoms with Crippen molar-refractivity contribution in [1.82, 2.24) is 0 Å². The van der Waals surface area contributed by atoms with Gasteiger partial charge in [0, 0.05) is 17.0 Å². The van der Waals surface area contributed by atoms with E-state index in [1.165, 1.54) is 18.9 Å². The fourth-order valence-electron chi connectivity index (χ4n) is 2.65. The maximum absolute atomic E-state index is 11.6. The second-order valence-corrected chi connectivity index (χ2v) is 8.05. The molecule has 0 heterocycles. The van der Waals surface area contributed by atoms with Crippen LogP contribution in [0.2, 0.25) is 0 Å². The van der Waals surface area contributed by atoms with Crippen molar-refractivity contribution in [2.45, 2.75) is 35.3 Å². The molecule has 0 aliphatic heterocycles. The van der Waals surface area contributed by atoms with Crippen molar-refractivity contribution < 1.29 is 8.42 Å². The minimum absolute atomic E-state index is 0.0618. The van der Waals surface area contributed by atoms with Gasteiger partial charge in [-0.3, -0.25) is 0 Å². The van der Waals surface area contributed by atoms with E-state index < -0.39 is 10.0 Å². The second kappa shape index (κ2) is 5.83. The molecule has 1 aromatic rings. The molecule has 1 aromatic carbocycles. The number of nitrogens with one attached hydrogen (secondary N) is 1. The molecule has 5 N–H and O–H groups in total. The predicted molar refractivity (Wildman–Crippen MR) is 85.4 cm³/mol. The number of sulfonamides is 1. The molecule has 0 radical (unpaired) electrons. The summed E-state index contributed by atoms with van der Waals surface area (Å²) in [6.45, 7) is 0.737. The molecular weight excluding hydrogens is 294 g/mol. The van der Waals surface area contributed by atoms with Gasteiger partial charge in [-0.2, -0.15) is 11.8 Å². The SMILES string of the molecule is CSC1(CNc2ccc(N)cc2S(N)(=O)=O)CCCC1. The number of rotatable bonds is 5. The summed E-state index contributed by atoms with van der Waals surface area (Å²) < 4.78 is 23.4. The van der Waals surface area contributed by atoms with Crippen molar-refractivity contribution in [1.29, 1.82) is 0 Å². The van der Waals surface area contributed by atoms with Crippen LogP contribution in [0.3, 0.4) is 0 Å². The first-order valence-electron chi connectivity index (χ1n) is 6.58. The average Bonchev–Trinajstić information content (AvgIpc) is 2.86. The van der Waals surface area contributed by atoms with E-state index in [0.717, 1.165) is 19.4 Å². The van der Waals surface area contributed by atoms with E-state index in [1.807, 2.05) is 11.8 Å². The fourth-order valence-corrected chi connectivity index (χ4v) is 4.31. The van der Waals surface area contributed by atoms with Gasteiger partial charge in [0.15, 0.2) is 0 Å². The smallest absolute Gasteiger partial charge is 0.240 e. The predicted octanol–water partition coefficient (Wildman–Crippen LogP) is 2.00. The zero-order valence-electron chi connectivity index (χ0n) is 11.6. The molecule has 1 saturated carbocycles. The van der Waals surface area contributed by atoms with Gasteiger partial charge in [-0.05, 0) is 37.3 Å². The van der Waals surface area contributed by atoms with Crippen molar-refractivity contribution in [2.24, 2.45) is 5.14 Å².